The zero-order valence-corrected chi connectivity index (χ0v) is 19.1. The normalized spacial score (nSPS) is 20.5. The molecular formula is C26H33FN2O3. The first kappa shape index (κ1) is 22.6. The highest BCUT2D eigenvalue weighted by Crippen LogP contribution is 2.41. The van der Waals surface area contributed by atoms with E-state index in [1.54, 1.807) is 0 Å². The topological polar surface area (TPSA) is 42.0 Å². The minimum atomic E-state index is -0.499. The summed E-state index contributed by atoms with van der Waals surface area (Å²) in [5.41, 5.74) is 1.56. The molecule has 1 atom stereocenters. The summed E-state index contributed by atoms with van der Waals surface area (Å²) in [6.07, 6.45) is 2.99. The summed E-state index contributed by atoms with van der Waals surface area (Å²) in [4.78, 5) is 17.3. The molecule has 1 amide bonds. The van der Waals surface area contributed by atoms with Gasteiger partial charge in [-0.05, 0) is 54.8 Å². The van der Waals surface area contributed by atoms with E-state index in [-0.39, 0.29) is 18.0 Å². The highest BCUT2D eigenvalue weighted by molar-refractivity contribution is 5.72. The molecule has 172 valence electrons. The van der Waals surface area contributed by atoms with E-state index in [9.17, 15) is 9.18 Å². The minimum absolute atomic E-state index is 0.0875. The minimum Gasteiger partial charge on any atom is -0.494 e. The van der Waals surface area contributed by atoms with Crippen LogP contribution in [0.15, 0.2) is 48.5 Å². The first-order chi connectivity index (χ1) is 15.5. The summed E-state index contributed by atoms with van der Waals surface area (Å²) in [5.74, 6) is 0.589. The van der Waals surface area contributed by atoms with Gasteiger partial charge in [0.2, 0.25) is 0 Å². The Morgan fingerprint density at radius 1 is 1.03 bits per heavy atom. The van der Waals surface area contributed by atoms with Crippen molar-refractivity contribution in [1.82, 2.24) is 9.80 Å². The number of hydrogen-bond acceptors (Lipinski definition) is 4. The van der Waals surface area contributed by atoms with Crippen molar-refractivity contribution in [3.05, 3.63) is 65.5 Å². The second-order valence-electron chi connectivity index (χ2n) is 8.83. The number of hydrogen-bond donors (Lipinski definition) is 0. The van der Waals surface area contributed by atoms with Gasteiger partial charge < -0.3 is 14.4 Å². The maximum absolute atomic E-state index is 13.5. The van der Waals surface area contributed by atoms with Gasteiger partial charge in [0.25, 0.3) is 0 Å². The average molecular weight is 441 g/mol. The third kappa shape index (κ3) is 4.90. The van der Waals surface area contributed by atoms with Gasteiger partial charge in [0, 0.05) is 32.5 Å². The van der Waals surface area contributed by atoms with Crippen molar-refractivity contribution in [2.75, 3.05) is 26.2 Å². The number of carbonyl (C=O) groups excluding carboxylic acids is 1. The Bertz CT molecular complexity index is 892. The molecule has 2 aromatic carbocycles. The van der Waals surface area contributed by atoms with Crippen molar-refractivity contribution >= 4 is 6.09 Å². The van der Waals surface area contributed by atoms with Crippen LogP contribution in [0.2, 0.25) is 0 Å². The van der Waals surface area contributed by atoms with Crippen LogP contribution in [0.4, 0.5) is 9.18 Å². The Kier molecular flexibility index (Phi) is 6.99. The quantitative estimate of drug-likeness (QED) is 0.577. The highest BCUT2D eigenvalue weighted by atomic mass is 19.1. The van der Waals surface area contributed by atoms with Crippen molar-refractivity contribution in [3.8, 4) is 5.75 Å². The fraction of sp³-hybridized carbons (Fsp3) is 0.500. The fourth-order valence-electron chi connectivity index (χ4n) is 4.82. The van der Waals surface area contributed by atoms with Crippen molar-refractivity contribution in [3.63, 3.8) is 0 Å². The lowest BCUT2D eigenvalue weighted by Crippen LogP contribution is -2.53. The molecule has 0 radical (unpaired) electrons. The SMILES string of the molecule is CCCOc1ccc(CN2C(=O)OC3(CCN(CC)CC3)C2Cc2ccc(F)cc2)cc1. The maximum atomic E-state index is 13.5. The number of ether oxygens (including phenoxy) is 2. The first-order valence-corrected chi connectivity index (χ1v) is 11.7. The molecule has 2 saturated heterocycles. The Hall–Kier alpha value is -2.60. The standard InChI is InChI=1S/C26H33FN2O3/c1-3-17-31-23-11-7-21(8-12-23)19-29-24(18-20-5-9-22(27)10-6-20)26(32-25(29)30)13-15-28(4-2)16-14-26/h5-12,24H,3-4,13-19H2,1-2H3. The molecule has 32 heavy (non-hydrogen) atoms. The lowest BCUT2D eigenvalue weighted by molar-refractivity contribution is -0.0206. The third-order valence-electron chi connectivity index (χ3n) is 6.75. The predicted octanol–water partition coefficient (Wildman–Crippen LogP) is 5.03. The molecule has 5 nitrogen and oxygen atoms in total. The van der Waals surface area contributed by atoms with Crippen LogP contribution in [0.3, 0.4) is 0 Å². The number of nitrogens with zero attached hydrogens (tertiary/aromatic N) is 2. The largest absolute Gasteiger partial charge is 0.494 e. The average Bonchev–Trinajstić information content (AvgIpc) is 3.05. The van der Waals surface area contributed by atoms with Gasteiger partial charge >= 0.3 is 6.09 Å². The number of carbonyl (C=O) groups is 1. The molecule has 0 bridgehead atoms. The molecule has 2 fully saturated rings. The Labute approximate surface area is 190 Å². The van der Waals surface area contributed by atoms with Gasteiger partial charge in [0.15, 0.2) is 0 Å². The van der Waals surface area contributed by atoms with Crippen LogP contribution in [0.1, 0.15) is 44.2 Å². The molecule has 2 heterocycles. The van der Waals surface area contributed by atoms with Crippen molar-refractivity contribution in [2.24, 2.45) is 0 Å². The summed E-state index contributed by atoms with van der Waals surface area (Å²) in [7, 11) is 0. The molecule has 0 aliphatic carbocycles. The monoisotopic (exact) mass is 440 g/mol. The summed E-state index contributed by atoms with van der Waals surface area (Å²) in [5, 5.41) is 0. The smallest absolute Gasteiger partial charge is 0.411 e. The molecule has 0 aromatic heterocycles. The number of benzene rings is 2. The molecule has 0 saturated carbocycles. The van der Waals surface area contributed by atoms with Gasteiger partial charge in [-0.25, -0.2) is 9.18 Å². The zero-order valence-electron chi connectivity index (χ0n) is 19.1. The number of likely N-dealkylation sites (tertiary alicyclic amines) is 1. The molecule has 1 spiro atoms. The second kappa shape index (κ2) is 9.90. The van der Waals surface area contributed by atoms with E-state index < -0.39 is 5.60 Å². The molecule has 4 rings (SSSR count). The summed E-state index contributed by atoms with van der Waals surface area (Å²) in [6, 6.07) is 14.4. The predicted molar refractivity (Wildman–Crippen MR) is 122 cm³/mol. The molecule has 1 unspecified atom stereocenters. The van der Waals surface area contributed by atoms with E-state index in [4.69, 9.17) is 9.47 Å². The van der Waals surface area contributed by atoms with Crippen LogP contribution < -0.4 is 4.74 Å². The first-order valence-electron chi connectivity index (χ1n) is 11.7. The molecule has 2 aliphatic heterocycles. The van der Waals surface area contributed by atoms with Crippen LogP contribution in [-0.2, 0) is 17.7 Å². The van der Waals surface area contributed by atoms with Crippen LogP contribution >= 0.6 is 0 Å². The van der Waals surface area contributed by atoms with E-state index in [1.807, 2.05) is 41.3 Å². The van der Waals surface area contributed by atoms with Crippen LogP contribution in [0.5, 0.6) is 5.75 Å². The van der Waals surface area contributed by atoms with Crippen molar-refractivity contribution in [1.29, 1.82) is 0 Å². The van der Waals surface area contributed by atoms with E-state index >= 15 is 0 Å². The maximum Gasteiger partial charge on any atom is 0.411 e. The molecular weight excluding hydrogens is 407 g/mol. The molecule has 0 N–H and O–H groups in total. The van der Waals surface area contributed by atoms with Gasteiger partial charge in [-0.2, -0.15) is 0 Å². The zero-order chi connectivity index (χ0) is 22.6. The van der Waals surface area contributed by atoms with Gasteiger partial charge in [-0.1, -0.05) is 38.1 Å². The third-order valence-corrected chi connectivity index (χ3v) is 6.75. The highest BCUT2D eigenvalue weighted by Gasteiger charge is 2.54. The van der Waals surface area contributed by atoms with Gasteiger partial charge in [0.1, 0.15) is 17.2 Å². The number of amides is 1. The van der Waals surface area contributed by atoms with E-state index in [0.717, 1.165) is 55.8 Å². The fourth-order valence-corrected chi connectivity index (χ4v) is 4.82. The van der Waals surface area contributed by atoms with Crippen LogP contribution in [0.25, 0.3) is 0 Å². The number of piperidine rings is 1. The molecule has 2 aliphatic rings. The Morgan fingerprint density at radius 3 is 2.31 bits per heavy atom. The van der Waals surface area contributed by atoms with Gasteiger partial charge in [-0.3, -0.25) is 4.90 Å². The summed E-state index contributed by atoms with van der Waals surface area (Å²) in [6.45, 7) is 8.25. The van der Waals surface area contributed by atoms with Crippen LogP contribution in [-0.4, -0.2) is 53.8 Å². The summed E-state index contributed by atoms with van der Waals surface area (Å²) >= 11 is 0. The Morgan fingerprint density at radius 2 is 1.69 bits per heavy atom. The lowest BCUT2D eigenvalue weighted by Gasteiger charge is -2.41. The van der Waals surface area contributed by atoms with Crippen molar-refractivity contribution in [2.45, 2.75) is 57.7 Å². The molecule has 2 aromatic rings. The van der Waals surface area contributed by atoms with Gasteiger partial charge in [-0.15, -0.1) is 0 Å². The van der Waals surface area contributed by atoms with Crippen molar-refractivity contribution < 1.29 is 18.7 Å². The lowest BCUT2D eigenvalue weighted by atomic mass is 9.81. The Balaban J connectivity index is 1.56. The number of rotatable bonds is 8. The van der Waals surface area contributed by atoms with Crippen LogP contribution in [0, 0.1) is 5.82 Å². The van der Waals surface area contributed by atoms with Gasteiger partial charge in [0.05, 0.1) is 12.6 Å². The molecule has 6 heteroatoms. The second-order valence-corrected chi connectivity index (χ2v) is 8.83. The summed E-state index contributed by atoms with van der Waals surface area (Å²) < 4.78 is 25.3. The van der Waals surface area contributed by atoms with E-state index in [1.165, 1.54) is 12.1 Å². The van der Waals surface area contributed by atoms with E-state index in [0.29, 0.717) is 19.6 Å². The number of halogens is 1. The van der Waals surface area contributed by atoms with E-state index in [2.05, 4.69) is 18.7 Å².